The van der Waals surface area contributed by atoms with Crippen molar-refractivity contribution >= 4 is 23.7 Å². The van der Waals surface area contributed by atoms with Gasteiger partial charge in [-0.3, -0.25) is 14.4 Å². The second kappa shape index (κ2) is 11.4. The van der Waals surface area contributed by atoms with E-state index in [1.54, 1.807) is 27.7 Å². The number of carbonyl (C=O) groups is 4. The van der Waals surface area contributed by atoms with Gasteiger partial charge in [-0.05, 0) is 11.8 Å². The third kappa shape index (κ3) is 7.36. The summed E-state index contributed by atoms with van der Waals surface area (Å²) in [7, 11) is 0. The van der Waals surface area contributed by atoms with Crippen molar-refractivity contribution in [3.63, 3.8) is 0 Å². The van der Waals surface area contributed by atoms with E-state index in [0.717, 1.165) is 0 Å². The lowest BCUT2D eigenvalue weighted by Gasteiger charge is -2.26. The van der Waals surface area contributed by atoms with Crippen LogP contribution in [0.15, 0.2) is 0 Å². The lowest BCUT2D eigenvalue weighted by molar-refractivity contribution is -0.144. The first-order valence-corrected chi connectivity index (χ1v) is 8.52. The second-order valence-corrected chi connectivity index (χ2v) is 6.45. The molecule has 0 aliphatic rings. The summed E-state index contributed by atoms with van der Waals surface area (Å²) in [5, 5.41) is 25.7. The van der Waals surface area contributed by atoms with Crippen molar-refractivity contribution in [2.45, 2.75) is 52.2 Å². The Morgan fingerprint density at radius 2 is 1.54 bits per heavy atom. The van der Waals surface area contributed by atoms with Crippen LogP contribution in [-0.2, 0) is 19.2 Å². The molecule has 4 atom stereocenters. The number of rotatable bonds is 11. The van der Waals surface area contributed by atoms with Crippen LogP contribution in [0.5, 0.6) is 0 Å². The number of amides is 3. The molecule has 0 aliphatic heterocycles. The molecular formula is C16H30N4O6. The van der Waals surface area contributed by atoms with Crippen LogP contribution in [0.4, 0.5) is 0 Å². The summed E-state index contributed by atoms with van der Waals surface area (Å²) in [5.41, 5.74) is 5.22. The zero-order valence-electron chi connectivity index (χ0n) is 15.6. The number of aliphatic carboxylic acids is 1. The van der Waals surface area contributed by atoms with Crippen LogP contribution in [-0.4, -0.2) is 65.2 Å². The topological polar surface area (TPSA) is 171 Å². The van der Waals surface area contributed by atoms with E-state index in [0.29, 0.717) is 6.42 Å². The van der Waals surface area contributed by atoms with Gasteiger partial charge in [0.05, 0.1) is 13.2 Å². The third-order valence-electron chi connectivity index (χ3n) is 4.04. The summed E-state index contributed by atoms with van der Waals surface area (Å²) in [5.74, 6) is -3.86. The van der Waals surface area contributed by atoms with Crippen LogP contribution < -0.4 is 21.7 Å². The van der Waals surface area contributed by atoms with Gasteiger partial charge >= 0.3 is 5.97 Å². The van der Waals surface area contributed by atoms with Crippen LogP contribution in [0.2, 0.25) is 0 Å². The lowest BCUT2D eigenvalue weighted by Crippen LogP contribution is -2.59. The molecule has 0 aromatic carbocycles. The maximum atomic E-state index is 12.3. The van der Waals surface area contributed by atoms with Gasteiger partial charge in [-0.25, -0.2) is 4.79 Å². The Bertz CT molecular complexity index is 511. The van der Waals surface area contributed by atoms with Crippen molar-refractivity contribution in [1.29, 1.82) is 0 Å². The predicted octanol–water partition coefficient (Wildman–Crippen LogP) is -1.82. The molecule has 0 heterocycles. The Labute approximate surface area is 152 Å². The van der Waals surface area contributed by atoms with Gasteiger partial charge in [0, 0.05) is 0 Å². The van der Waals surface area contributed by atoms with Crippen LogP contribution in [0.1, 0.15) is 34.1 Å². The molecule has 0 fully saturated rings. The van der Waals surface area contributed by atoms with Gasteiger partial charge in [-0.15, -0.1) is 0 Å². The maximum absolute atomic E-state index is 12.3. The van der Waals surface area contributed by atoms with E-state index in [4.69, 9.17) is 5.73 Å². The number of aliphatic hydroxyl groups is 1. The zero-order chi connectivity index (χ0) is 20.4. The zero-order valence-corrected chi connectivity index (χ0v) is 15.6. The van der Waals surface area contributed by atoms with Gasteiger partial charge in [0.1, 0.15) is 18.1 Å². The predicted molar refractivity (Wildman–Crippen MR) is 93.9 cm³/mol. The Morgan fingerprint density at radius 3 is 1.92 bits per heavy atom. The van der Waals surface area contributed by atoms with Crippen LogP contribution in [0.3, 0.4) is 0 Å². The van der Waals surface area contributed by atoms with Crippen LogP contribution in [0, 0.1) is 11.8 Å². The normalized spacial score (nSPS) is 15.5. The summed E-state index contributed by atoms with van der Waals surface area (Å²) < 4.78 is 0. The molecule has 0 rings (SSSR count). The SMILES string of the molecule is CC[C@H](C)[C@H](NC(=O)[C@H](CO)NC(=O)[C@@H](NC(=O)CN)C(C)C)C(=O)O. The Morgan fingerprint density at radius 1 is 0.962 bits per heavy atom. The molecule has 3 amide bonds. The fourth-order valence-electron chi connectivity index (χ4n) is 2.16. The first kappa shape index (κ1) is 23.8. The van der Waals surface area contributed by atoms with Crippen molar-refractivity contribution in [2.24, 2.45) is 17.6 Å². The highest BCUT2D eigenvalue weighted by molar-refractivity contribution is 5.93. The summed E-state index contributed by atoms with van der Waals surface area (Å²) in [6, 6.07) is -3.43. The molecule has 0 radical (unpaired) electrons. The minimum Gasteiger partial charge on any atom is -0.480 e. The fraction of sp³-hybridized carbons (Fsp3) is 0.750. The Kier molecular flexibility index (Phi) is 10.5. The number of hydrogen-bond acceptors (Lipinski definition) is 6. The smallest absolute Gasteiger partial charge is 0.326 e. The van der Waals surface area contributed by atoms with E-state index in [-0.39, 0.29) is 18.4 Å². The fourth-order valence-corrected chi connectivity index (χ4v) is 2.16. The van der Waals surface area contributed by atoms with Gasteiger partial charge in [0.2, 0.25) is 17.7 Å². The summed E-state index contributed by atoms with van der Waals surface area (Å²) in [6.45, 7) is 5.82. The molecule has 0 spiro atoms. The molecule has 0 bridgehead atoms. The van der Waals surface area contributed by atoms with E-state index >= 15 is 0 Å². The molecular weight excluding hydrogens is 344 g/mol. The van der Waals surface area contributed by atoms with Gasteiger partial charge < -0.3 is 31.9 Å². The number of nitrogens with one attached hydrogen (secondary N) is 3. The molecule has 0 aromatic rings. The summed E-state index contributed by atoms with van der Waals surface area (Å²) in [4.78, 5) is 47.3. The van der Waals surface area contributed by atoms with Gasteiger partial charge in [-0.1, -0.05) is 34.1 Å². The second-order valence-electron chi connectivity index (χ2n) is 6.45. The highest BCUT2D eigenvalue weighted by Crippen LogP contribution is 2.08. The molecule has 26 heavy (non-hydrogen) atoms. The van der Waals surface area contributed by atoms with Crippen molar-refractivity contribution in [2.75, 3.05) is 13.2 Å². The highest BCUT2D eigenvalue weighted by atomic mass is 16.4. The molecule has 0 aromatic heterocycles. The lowest BCUT2D eigenvalue weighted by atomic mass is 9.99. The van der Waals surface area contributed by atoms with E-state index in [2.05, 4.69) is 16.0 Å². The Balaban J connectivity index is 5.09. The van der Waals surface area contributed by atoms with Crippen molar-refractivity contribution in [1.82, 2.24) is 16.0 Å². The minimum absolute atomic E-state index is 0.292. The number of hydrogen-bond donors (Lipinski definition) is 6. The average Bonchev–Trinajstić information content (AvgIpc) is 2.59. The van der Waals surface area contributed by atoms with E-state index in [1.165, 1.54) is 0 Å². The number of nitrogens with two attached hydrogens (primary N) is 1. The first-order chi connectivity index (χ1) is 12.1. The number of carboxylic acid groups (broad SMARTS) is 1. The van der Waals surface area contributed by atoms with Crippen molar-refractivity contribution in [3.8, 4) is 0 Å². The third-order valence-corrected chi connectivity index (χ3v) is 4.04. The quantitative estimate of drug-likeness (QED) is 0.247. The molecule has 0 saturated heterocycles. The summed E-state index contributed by atoms with van der Waals surface area (Å²) >= 11 is 0. The molecule has 0 unspecified atom stereocenters. The monoisotopic (exact) mass is 374 g/mol. The largest absolute Gasteiger partial charge is 0.480 e. The molecule has 150 valence electrons. The molecule has 10 heteroatoms. The molecule has 10 nitrogen and oxygen atoms in total. The van der Waals surface area contributed by atoms with Crippen molar-refractivity contribution < 1.29 is 29.4 Å². The number of carboxylic acids is 1. The first-order valence-electron chi connectivity index (χ1n) is 8.52. The molecule has 7 N–H and O–H groups in total. The van der Waals surface area contributed by atoms with Crippen molar-refractivity contribution in [3.05, 3.63) is 0 Å². The molecule has 0 aliphatic carbocycles. The maximum Gasteiger partial charge on any atom is 0.326 e. The minimum atomic E-state index is -1.34. The van der Waals surface area contributed by atoms with Crippen LogP contribution >= 0.6 is 0 Å². The summed E-state index contributed by atoms with van der Waals surface area (Å²) in [6.07, 6.45) is 0.522. The number of aliphatic hydroxyl groups excluding tert-OH is 1. The highest BCUT2D eigenvalue weighted by Gasteiger charge is 2.31. The van der Waals surface area contributed by atoms with E-state index < -0.39 is 48.4 Å². The average molecular weight is 374 g/mol. The number of carbonyl (C=O) groups excluding carboxylic acids is 3. The standard InChI is InChI=1S/C16H30N4O6/c1-5-9(4)13(16(25)26)20-14(23)10(7-21)18-15(24)12(8(2)3)19-11(22)6-17/h8-10,12-13,21H,5-7,17H2,1-4H3,(H,18,24)(H,19,22)(H,20,23)(H,25,26)/t9-,10-,12-,13-/m0/s1. The molecule has 0 saturated carbocycles. The van der Waals surface area contributed by atoms with Gasteiger partial charge in [0.15, 0.2) is 0 Å². The Hall–Kier alpha value is -2.20. The van der Waals surface area contributed by atoms with E-state index in [1.807, 2.05) is 0 Å². The van der Waals surface area contributed by atoms with E-state index in [9.17, 15) is 29.4 Å². The van der Waals surface area contributed by atoms with Gasteiger partial charge in [0.25, 0.3) is 0 Å². The van der Waals surface area contributed by atoms with Crippen LogP contribution in [0.25, 0.3) is 0 Å². The van der Waals surface area contributed by atoms with Gasteiger partial charge in [-0.2, -0.15) is 0 Å².